The van der Waals surface area contributed by atoms with Gasteiger partial charge in [0.1, 0.15) is 0 Å². The Morgan fingerprint density at radius 1 is 1.43 bits per heavy atom. The Morgan fingerprint density at radius 2 is 2.29 bits per heavy atom. The van der Waals surface area contributed by atoms with Crippen LogP contribution in [-0.2, 0) is 6.42 Å². The van der Waals surface area contributed by atoms with Crippen molar-refractivity contribution in [3.05, 3.63) is 34.4 Å². The monoisotopic (exact) mass is 180 g/mol. The molecule has 0 saturated heterocycles. The summed E-state index contributed by atoms with van der Waals surface area (Å²) in [6, 6.07) is 4.22. The molecular weight excluding hydrogens is 168 g/mol. The van der Waals surface area contributed by atoms with Crippen LogP contribution in [0.2, 0.25) is 0 Å². The molecule has 2 rings (SSSR count). The molecule has 0 heterocycles. The summed E-state index contributed by atoms with van der Waals surface area (Å²) in [5.41, 5.74) is 4.65. The van der Waals surface area contributed by atoms with Crippen LogP contribution in [-0.4, -0.2) is 0 Å². The summed E-state index contributed by atoms with van der Waals surface area (Å²) in [7, 11) is 0. The molecule has 0 aromatic heterocycles. The SMILES string of the molecule is C#Cc1cc(C)c2cc1C#CCCC2. The average Bonchev–Trinajstić information content (AvgIpc) is 2.15. The Bertz CT molecular complexity index is 461. The van der Waals surface area contributed by atoms with Crippen molar-refractivity contribution in [3.63, 3.8) is 0 Å². The maximum atomic E-state index is 5.44. The summed E-state index contributed by atoms with van der Waals surface area (Å²) < 4.78 is 0. The van der Waals surface area contributed by atoms with Crippen LogP contribution in [0.3, 0.4) is 0 Å². The van der Waals surface area contributed by atoms with Gasteiger partial charge in [-0.15, -0.1) is 6.42 Å². The number of fused-ring (bicyclic) bond motifs is 2. The maximum absolute atomic E-state index is 5.44. The van der Waals surface area contributed by atoms with E-state index >= 15 is 0 Å². The van der Waals surface area contributed by atoms with Crippen LogP contribution in [0.5, 0.6) is 0 Å². The minimum Gasteiger partial charge on any atom is -0.115 e. The minimum atomic E-state index is 0.931. The molecule has 1 aromatic rings. The summed E-state index contributed by atoms with van der Waals surface area (Å²) in [6.07, 6.45) is 8.70. The molecule has 68 valence electrons. The molecular formula is C14H12. The van der Waals surface area contributed by atoms with Crippen molar-refractivity contribution in [1.82, 2.24) is 0 Å². The molecule has 1 aromatic carbocycles. The van der Waals surface area contributed by atoms with Crippen LogP contribution in [0, 0.1) is 31.1 Å². The van der Waals surface area contributed by atoms with E-state index in [0.717, 1.165) is 30.4 Å². The summed E-state index contributed by atoms with van der Waals surface area (Å²) >= 11 is 0. The first-order valence-electron chi connectivity index (χ1n) is 4.90. The van der Waals surface area contributed by atoms with Crippen LogP contribution in [0.1, 0.15) is 35.1 Å². The first-order valence-corrected chi connectivity index (χ1v) is 4.90. The van der Waals surface area contributed by atoms with E-state index < -0.39 is 0 Å². The summed E-state index contributed by atoms with van der Waals surface area (Å²) in [4.78, 5) is 0. The highest BCUT2D eigenvalue weighted by Crippen LogP contribution is 2.19. The second-order valence-corrected chi connectivity index (χ2v) is 3.62. The number of aryl methyl sites for hydroxylation is 2. The number of terminal acetylenes is 1. The quantitative estimate of drug-likeness (QED) is 0.538. The van der Waals surface area contributed by atoms with Crippen LogP contribution < -0.4 is 0 Å². The Morgan fingerprint density at radius 3 is 3.07 bits per heavy atom. The zero-order valence-electron chi connectivity index (χ0n) is 8.35. The molecule has 1 aliphatic rings. The Balaban J connectivity index is 2.64. The third kappa shape index (κ3) is 1.52. The Kier molecular flexibility index (Phi) is 2.30. The van der Waals surface area contributed by atoms with Crippen LogP contribution in [0.4, 0.5) is 0 Å². The molecule has 1 aliphatic carbocycles. The van der Waals surface area contributed by atoms with Gasteiger partial charge in [0, 0.05) is 17.5 Å². The predicted molar refractivity (Wildman–Crippen MR) is 58.9 cm³/mol. The third-order valence-corrected chi connectivity index (χ3v) is 2.60. The topological polar surface area (TPSA) is 0 Å². The average molecular weight is 180 g/mol. The molecule has 0 nitrogen and oxygen atoms in total. The fourth-order valence-corrected chi connectivity index (χ4v) is 1.77. The van der Waals surface area contributed by atoms with Gasteiger partial charge >= 0.3 is 0 Å². The van der Waals surface area contributed by atoms with Crippen molar-refractivity contribution in [2.45, 2.75) is 26.2 Å². The fraction of sp³-hybridized carbons (Fsp3) is 0.286. The highest BCUT2D eigenvalue weighted by molar-refractivity contribution is 5.53. The fourth-order valence-electron chi connectivity index (χ4n) is 1.77. The molecule has 0 spiro atoms. The zero-order valence-corrected chi connectivity index (χ0v) is 8.35. The lowest BCUT2D eigenvalue weighted by atomic mass is 9.94. The van der Waals surface area contributed by atoms with Gasteiger partial charge in [-0.25, -0.2) is 0 Å². The van der Waals surface area contributed by atoms with Crippen molar-refractivity contribution in [2.75, 3.05) is 0 Å². The molecule has 0 atom stereocenters. The van der Waals surface area contributed by atoms with E-state index in [9.17, 15) is 0 Å². The molecule has 0 saturated carbocycles. The lowest BCUT2D eigenvalue weighted by Gasteiger charge is -2.09. The smallest absolute Gasteiger partial charge is 0.0404 e. The highest BCUT2D eigenvalue weighted by Gasteiger charge is 2.05. The molecule has 0 fully saturated rings. The largest absolute Gasteiger partial charge is 0.115 e. The molecule has 0 N–H and O–H groups in total. The van der Waals surface area contributed by atoms with E-state index in [2.05, 4.69) is 36.8 Å². The summed E-state index contributed by atoms with van der Waals surface area (Å²) in [5.74, 6) is 8.98. The second-order valence-electron chi connectivity index (χ2n) is 3.62. The van der Waals surface area contributed by atoms with E-state index in [1.807, 2.05) is 0 Å². The Hall–Kier alpha value is -1.66. The van der Waals surface area contributed by atoms with Crippen LogP contribution >= 0.6 is 0 Å². The van der Waals surface area contributed by atoms with Gasteiger partial charge in [-0.1, -0.05) is 17.8 Å². The summed E-state index contributed by atoms with van der Waals surface area (Å²) in [5, 5.41) is 0. The van der Waals surface area contributed by atoms with Gasteiger partial charge in [0.15, 0.2) is 0 Å². The van der Waals surface area contributed by atoms with Crippen molar-refractivity contribution < 1.29 is 0 Å². The van der Waals surface area contributed by atoms with Crippen LogP contribution in [0.25, 0.3) is 0 Å². The van der Waals surface area contributed by atoms with E-state index in [4.69, 9.17) is 6.42 Å². The molecule has 0 unspecified atom stereocenters. The van der Waals surface area contributed by atoms with E-state index in [1.54, 1.807) is 0 Å². The van der Waals surface area contributed by atoms with Gasteiger partial charge in [0.25, 0.3) is 0 Å². The molecule has 0 radical (unpaired) electrons. The van der Waals surface area contributed by atoms with Gasteiger partial charge < -0.3 is 0 Å². The van der Waals surface area contributed by atoms with E-state index in [1.165, 1.54) is 11.1 Å². The first-order chi connectivity index (χ1) is 6.81. The zero-order chi connectivity index (χ0) is 9.97. The number of hydrogen-bond acceptors (Lipinski definition) is 0. The molecule has 0 aliphatic heterocycles. The lowest BCUT2D eigenvalue weighted by Crippen LogP contribution is -1.96. The van der Waals surface area contributed by atoms with Gasteiger partial charge in [-0.05, 0) is 43.0 Å². The van der Waals surface area contributed by atoms with Crippen molar-refractivity contribution in [3.8, 4) is 24.2 Å². The van der Waals surface area contributed by atoms with Crippen molar-refractivity contribution in [2.24, 2.45) is 0 Å². The van der Waals surface area contributed by atoms with E-state index in [0.29, 0.717) is 0 Å². The van der Waals surface area contributed by atoms with Crippen molar-refractivity contribution >= 4 is 0 Å². The van der Waals surface area contributed by atoms with E-state index in [-0.39, 0.29) is 0 Å². The number of hydrogen-bond donors (Lipinski definition) is 0. The van der Waals surface area contributed by atoms with Gasteiger partial charge in [-0.2, -0.15) is 0 Å². The summed E-state index contributed by atoms with van der Waals surface area (Å²) in [6.45, 7) is 2.12. The third-order valence-electron chi connectivity index (χ3n) is 2.60. The van der Waals surface area contributed by atoms with Crippen LogP contribution in [0.15, 0.2) is 12.1 Å². The van der Waals surface area contributed by atoms with Crippen molar-refractivity contribution in [1.29, 1.82) is 0 Å². The normalized spacial score (nSPS) is 13.1. The van der Waals surface area contributed by atoms with Gasteiger partial charge in [0.05, 0.1) is 0 Å². The number of rotatable bonds is 0. The molecule has 14 heavy (non-hydrogen) atoms. The van der Waals surface area contributed by atoms with Gasteiger partial charge in [-0.3, -0.25) is 0 Å². The minimum absolute atomic E-state index is 0.931. The number of benzene rings is 1. The molecule has 0 amide bonds. The maximum Gasteiger partial charge on any atom is 0.0404 e. The standard InChI is InChI=1S/C14H12/c1-3-12-9-11(2)13-7-5-4-6-8-14(12)10-13/h1,9-10H,4-5,7H2,2H3. The highest BCUT2D eigenvalue weighted by atomic mass is 14.1. The first kappa shape index (κ1) is 8.92. The Labute approximate surface area is 85.3 Å². The lowest BCUT2D eigenvalue weighted by molar-refractivity contribution is 0.848. The predicted octanol–water partition coefficient (Wildman–Crippen LogP) is 2.66. The molecule has 0 heteroatoms. The van der Waals surface area contributed by atoms with Gasteiger partial charge in [0.2, 0.25) is 0 Å². The molecule has 2 bridgehead atoms. The second kappa shape index (κ2) is 3.60.